The van der Waals surface area contributed by atoms with Crippen molar-refractivity contribution in [2.24, 2.45) is 11.3 Å². The summed E-state index contributed by atoms with van der Waals surface area (Å²) in [5, 5.41) is 18.3. The molecule has 5 atom stereocenters. The van der Waals surface area contributed by atoms with Gasteiger partial charge in [0.05, 0.1) is 23.9 Å². The summed E-state index contributed by atoms with van der Waals surface area (Å²) in [5.74, 6) is -2.43. The van der Waals surface area contributed by atoms with Gasteiger partial charge in [0.15, 0.2) is 6.10 Å². The minimum Gasteiger partial charge on any atom is -0.451 e. The minimum absolute atomic E-state index is 0.231. The number of benzene rings is 1. The van der Waals surface area contributed by atoms with Gasteiger partial charge in [0.25, 0.3) is 11.8 Å². The van der Waals surface area contributed by atoms with E-state index in [1.165, 1.54) is 5.01 Å². The second-order valence-electron chi connectivity index (χ2n) is 11.5. The second-order valence-corrected chi connectivity index (χ2v) is 11.5. The second kappa shape index (κ2) is 13.0. The van der Waals surface area contributed by atoms with E-state index in [0.717, 1.165) is 10.9 Å². The van der Waals surface area contributed by atoms with Gasteiger partial charge in [-0.05, 0) is 56.7 Å². The standard InChI is InChI=1S/C31H41N5O6/c1-6-31(17-37)14-13-21-9-10-22-11-12-23(34-25(22)16-21)19(4)32-27(38)24-8-7-15-36(35-24)29(40)20(5)33-28(39)26(18(2)3)42-30(31)41/h9-14,16,18-20,24,26,35,37H,6-8,15,17H2,1-5H3,(H,32,38)(H,33,39)/b14-13+/t19-,20+,24+,26+,31+/m1/s1. The summed E-state index contributed by atoms with van der Waals surface area (Å²) in [7, 11) is 0. The molecule has 2 aliphatic rings. The first-order chi connectivity index (χ1) is 20.0. The van der Waals surface area contributed by atoms with Crippen LogP contribution < -0.4 is 16.1 Å². The molecule has 2 aliphatic heterocycles. The molecule has 0 unspecified atom stereocenters. The number of fused-ring (bicyclic) bond motifs is 4. The van der Waals surface area contributed by atoms with Gasteiger partial charge in [-0.2, -0.15) is 0 Å². The van der Waals surface area contributed by atoms with Gasteiger partial charge >= 0.3 is 5.97 Å². The highest BCUT2D eigenvalue weighted by molar-refractivity contribution is 5.92. The predicted molar refractivity (Wildman–Crippen MR) is 157 cm³/mol. The van der Waals surface area contributed by atoms with E-state index in [1.54, 1.807) is 39.8 Å². The summed E-state index contributed by atoms with van der Waals surface area (Å²) in [4.78, 5) is 58.0. The Morgan fingerprint density at radius 1 is 1.07 bits per heavy atom. The Kier molecular flexibility index (Phi) is 9.63. The van der Waals surface area contributed by atoms with E-state index < -0.39 is 60.0 Å². The lowest BCUT2D eigenvalue weighted by Crippen LogP contribution is -2.61. The van der Waals surface area contributed by atoms with Gasteiger partial charge in [-0.3, -0.25) is 29.2 Å². The molecular formula is C31H41N5O6. The number of rotatable bonds is 3. The molecule has 0 radical (unpaired) electrons. The molecule has 1 fully saturated rings. The van der Waals surface area contributed by atoms with E-state index in [9.17, 15) is 24.3 Å². The van der Waals surface area contributed by atoms with Gasteiger partial charge in [-0.15, -0.1) is 0 Å². The quantitative estimate of drug-likeness (QED) is 0.405. The summed E-state index contributed by atoms with van der Waals surface area (Å²) in [6.07, 6.45) is 3.52. The summed E-state index contributed by atoms with van der Waals surface area (Å²) in [6, 6.07) is 7.48. The van der Waals surface area contributed by atoms with Crippen LogP contribution in [0.4, 0.5) is 0 Å². The van der Waals surface area contributed by atoms with E-state index in [1.807, 2.05) is 37.3 Å². The number of carbonyl (C=O) groups is 4. The molecule has 1 aromatic carbocycles. The number of cyclic esters (lactones) is 1. The van der Waals surface area contributed by atoms with Gasteiger partial charge < -0.3 is 20.5 Å². The number of aromatic nitrogens is 1. The number of aliphatic hydroxyl groups is 1. The summed E-state index contributed by atoms with van der Waals surface area (Å²) in [5.41, 5.74) is 3.75. The van der Waals surface area contributed by atoms with E-state index in [2.05, 4.69) is 16.1 Å². The smallest absolute Gasteiger partial charge is 0.319 e. The van der Waals surface area contributed by atoms with Crippen LogP contribution >= 0.6 is 0 Å². The molecule has 2 aromatic rings. The van der Waals surface area contributed by atoms with Crippen molar-refractivity contribution in [3.63, 3.8) is 0 Å². The molecule has 11 nitrogen and oxygen atoms in total. The lowest BCUT2D eigenvalue weighted by Gasteiger charge is -2.35. The zero-order valence-electron chi connectivity index (χ0n) is 24.8. The minimum atomic E-state index is -1.39. The van der Waals surface area contributed by atoms with Crippen molar-refractivity contribution in [2.75, 3.05) is 13.2 Å². The van der Waals surface area contributed by atoms with Crippen molar-refractivity contribution in [3.05, 3.63) is 47.7 Å². The fraction of sp³-hybridized carbons (Fsp3) is 0.516. The number of nitrogens with one attached hydrogen (secondary N) is 3. The number of hydrogen-bond acceptors (Lipinski definition) is 8. The third-order valence-corrected chi connectivity index (χ3v) is 8.05. The van der Waals surface area contributed by atoms with E-state index in [-0.39, 0.29) is 12.3 Å². The lowest BCUT2D eigenvalue weighted by molar-refractivity contribution is -0.168. The summed E-state index contributed by atoms with van der Waals surface area (Å²) in [6.45, 7) is 8.48. The average molecular weight is 580 g/mol. The normalized spacial score (nSPS) is 28.8. The maximum Gasteiger partial charge on any atom is 0.319 e. The number of hydrogen-bond donors (Lipinski definition) is 4. The van der Waals surface area contributed by atoms with Crippen molar-refractivity contribution in [3.8, 4) is 0 Å². The highest BCUT2D eigenvalue weighted by Gasteiger charge is 2.40. The van der Waals surface area contributed by atoms with E-state index in [0.29, 0.717) is 30.6 Å². The molecule has 226 valence electrons. The van der Waals surface area contributed by atoms with Crippen LogP contribution in [0.3, 0.4) is 0 Å². The molecule has 4 N–H and O–H groups in total. The Morgan fingerprint density at radius 2 is 1.79 bits per heavy atom. The summed E-state index contributed by atoms with van der Waals surface area (Å²) < 4.78 is 5.72. The van der Waals surface area contributed by atoms with Gasteiger partial charge in [0.2, 0.25) is 5.91 Å². The molecule has 0 spiro atoms. The topological polar surface area (TPSA) is 150 Å². The molecule has 0 aliphatic carbocycles. The van der Waals surface area contributed by atoms with Crippen molar-refractivity contribution < 1.29 is 29.0 Å². The number of nitrogens with zero attached hydrogens (tertiary/aromatic N) is 2. The maximum atomic E-state index is 13.5. The average Bonchev–Trinajstić information content (AvgIpc) is 2.99. The van der Waals surface area contributed by atoms with Crippen LogP contribution in [0.5, 0.6) is 0 Å². The van der Waals surface area contributed by atoms with Crippen LogP contribution in [0.15, 0.2) is 36.4 Å². The molecule has 42 heavy (non-hydrogen) atoms. The van der Waals surface area contributed by atoms with Crippen LogP contribution in [0.25, 0.3) is 17.0 Å². The van der Waals surface area contributed by atoms with Crippen LogP contribution in [-0.4, -0.2) is 70.1 Å². The molecule has 3 amide bonds. The number of amides is 3. The molecule has 1 aromatic heterocycles. The number of pyridine rings is 1. The van der Waals surface area contributed by atoms with Crippen LogP contribution in [0, 0.1) is 11.3 Å². The fourth-order valence-electron chi connectivity index (χ4n) is 5.15. The molecular weight excluding hydrogens is 538 g/mol. The van der Waals surface area contributed by atoms with Gasteiger partial charge in [0.1, 0.15) is 17.5 Å². The van der Waals surface area contributed by atoms with Crippen LogP contribution in [0.1, 0.15) is 71.2 Å². The first-order valence-corrected chi connectivity index (χ1v) is 14.6. The van der Waals surface area contributed by atoms with Crippen molar-refractivity contribution >= 4 is 40.7 Å². The number of carbonyl (C=O) groups excluding carboxylic acids is 4. The zero-order valence-corrected chi connectivity index (χ0v) is 24.8. The Morgan fingerprint density at radius 3 is 2.48 bits per heavy atom. The molecule has 5 bridgehead atoms. The predicted octanol–water partition coefficient (Wildman–Crippen LogP) is 2.40. The van der Waals surface area contributed by atoms with Gasteiger partial charge in [-0.1, -0.05) is 51.1 Å². The lowest BCUT2D eigenvalue weighted by atomic mass is 9.85. The first-order valence-electron chi connectivity index (χ1n) is 14.6. The molecule has 0 saturated carbocycles. The molecule has 4 rings (SSSR count). The van der Waals surface area contributed by atoms with Crippen molar-refractivity contribution in [1.82, 2.24) is 26.1 Å². The van der Waals surface area contributed by atoms with Crippen molar-refractivity contribution in [2.45, 2.75) is 78.1 Å². The fourth-order valence-corrected chi connectivity index (χ4v) is 5.15. The largest absolute Gasteiger partial charge is 0.451 e. The van der Waals surface area contributed by atoms with Gasteiger partial charge in [-0.25, -0.2) is 5.43 Å². The van der Waals surface area contributed by atoms with Gasteiger partial charge in [0, 0.05) is 11.9 Å². The monoisotopic (exact) mass is 579 g/mol. The number of hydrazine groups is 1. The van der Waals surface area contributed by atoms with Crippen LogP contribution in [-0.2, 0) is 23.9 Å². The zero-order chi connectivity index (χ0) is 30.6. The Labute approximate surface area is 246 Å². The molecule has 1 saturated heterocycles. The third kappa shape index (κ3) is 6.63. The third-order valence-electron chi connectivity index (χ3n) is 8.05. The van der Waals surface area contributed by atoms with E-state index >= 15 is 0 Å². The SMILES string of the molecule is CC[C@@]1(CO)/C=C/c2ccc3ccc(nc3c2)[C@@H](C)NC(=O)[C@@H]2CCCN(N2)C(=O)[C@H](C)NC(=O)[C@H](C(C)C)OC1=O. The highest BCUT2D eigenvalue weighted by atomic mass is 16.6. The van der Waals surface area contributed by atoms with Crippen molar-refractivity contribution in [1.29, 1.82) is 0 Å². The van der Waals surface area contributed by atoms with E-state index in [4.69, 9.17) is 9.72 Å². The highest BCUT2D eigenvalue weighted by Crippen LogP contribution is 2.29. The van der Waals surface area contributed by atoms with Crippen LogP contribution in [0.2, 0.25) is 0 Å². The number of esters is 1. The Hall–Kier alpha value is -3.83. The Balaban J connectivity index is 1.75. The summed E-state index contributed by atoms with van der Waals surface area (Å²) >= 11 is 0. The maximum absolute atomic E-state index is 13.5. The number of aliphatic hydroxyl groups excluding tert-OH is 1. The number of ether oxygens (including phenoxy) is 1. The Bertz CT molecular complexity index is 1370. The molecule has 11 heteroatoms. The molecule has 3 heterocycles. The first kappa shape index (κ1) is 31.1.